The van der Waals surface area contributed by atoms with Gasteiger partial charge in [-0.2, -0.15) is 5.10 Å². The van der Waals surface area contributed by atoms with Crippen LogP contribution < -0.4 is 5.32 Å². The summed E-state index contributed by atoms with van der Waals surface area (Å²) in [5.74, 6) is 0.444. The van der Waals surface area contributed by atoms with Gasteiger partial charge in [-0.15, -0.1) is 0 Å². The van der Waals surface area contributed by atoms with Crippen LogP contribution in [0.3, 0.4) is 0 Å². The minimum atomic E-state index is -0.192. The fourth-order valence-electron chi connectivity index (χ4n) is 2.17. The molecule has 0 aliphatic rings. The zero-order valence-electron chi connectivity index (χ0n) is 12.6. The summed E-state index contributed by atoms with van der Waals surface area (Å²) in [4.78, 5) is 16.3. The predicted octanol–water partition coefficient (Wildman–Crippen LogP) is 2.40. The Morgan fingerprint density at radius 3 is 3.04 bits per heavy atom. The quantitative estimate of drug-likeness (QED) is 0.735. The molecule has 0 aromatic carbocycles. The number of hydrogen-bond acceptors (Lipinski definition) is 4. The van der Waals surface area contributed by atoms with Crippen molar-refractivity contribution in [3.63, 3.8) is 0 Å². The summed E-state index contributed by atoms with van der Waals surface area (Å²) in [6.07, 6.45) is 10.0. The molecule has 3 rings (SSSR count). The first kappa shape index (κ1) is 14.8. The molecule has 0 aliphatic carbocycles. The van der Waals surface area contributed by atoms with Crippen molar-refractivity contribution < 1.29 is 9.21 Å². The molecule has 3 aromatic rings. The molecule has 0 saturated heterocycles. The minimum Gasteiger partial charge on any atom is -0.465 e. The van der Waals surface area contributed by atoms with E-state index in [-0.39, 0.29) is 5.91 Å². The molecule has 0 spiro atoms. The van der Waals surface area contributed by atoms with Crippen LogP contribution >= 0.6 is 0 Å². The van der Waals surface area contributed by atoms with Crippen LogP contribution in [0.15, 0.2) is 59.6 Å². The van der Waals surface area contributed by atoms with E-state index in [1.54, 1.807) is 41.5 Å². The second kappa shape index (κ2) is 6.74. The summed E-state index contributed by atoms with van der Waals surface area (Å²) in [7, 11) is 1.85. The van der Waals surface area contributed by atoms with Gasteiger partial charge in [-0.05, 0) is 29.8 Å². The van der Waals surface area contributed by atoms with Crippen LogP contribution in [0.5, 0.6) is 0 Å². The van der Waals surface area contributed by atoms with Crippen LogP contribution in [0, 0.1) is 0 Å². The number of nitrogens with one attached hydrogen (secondary N) is 1. The molecule has 6 heteroatoms. The van der Waals surface area contributed by atoms with Gasteiger partial charge in [-0.25, -0.2) is 0 Å². The number of rotatable bonds is 5. The Morgan fingerprint density at radius 2 is 2.30 bits per heavy atom. The number of carbonyl (C=O) groups excluding carboxylic acids is 1. The number of amides is 1. The van der Waals surface area contributed by atoms with Crippen LogP contribution in [0.4, 0.5) is 0 Å². The number of aromatic nitrogens is 3. The van der Waals surface area contributed by atoms with E-state index in [2.05, 4.69) is 15.4 Å². The lowest BCUT2D eigenvalue weighted by Crippen LogP contribution is -2.20. The maximum absolute atomic E-state index is 11.9. The summed E-state index contributed by atoms with van der Waals surface area (Å²) in [6, 6.07) is 7.34. The van der Waals surface area contributed by atoms with Gasteiger partial charge in [0.15, 0.2) is 0 Å². The van der Waals surface area contributed by atoms with Crippen molar-refractivity contribution in [1.29, 1.82) is 0 Å². The van der Waals surface area contributed by atoms with E-state index >= 15 is 0 Å². The molecule has 0 radical (unpaired) electrons. The summed E-state index contributed by atoms with van der Waals surface area (Å²) in [5, 5.41) is 7.00. The van der Waals surface area contributed by atoms with E-state index in [4.69, 9.17) is 4.42 Å². The lowest BCUT2D eigenvalue weighted by Gasteiger charge is -2.07. The van der Waals surface area contributed by atoms with Gasteiger partial charge in [0.1, 0.15) is 5.76 Å². The molecule has 23 heavy (non-hydrogen) atoms. The molecule has 3 aromatic heterocycles. The van der Waals surface area contributed by atoms with Gasteiger partial charge in [0, 0.05) is 37.6 Å². The van der Waals surface area contributed by atoms with Crippen LogP contribution in [-0.4, -0.2) is 20.7 Å². The average molecular weight is 308 g/mol. The normalized spacial score (nSPS) is 11.0. The largest absolute Gasteiger partial charge is 0.465 e. The van der Waals surface area contributed by atoms with E-state index < -0.39 is 0 Å². The highest BCUT2D eigenvalue weighted by atomic mass is 16.3. The number of furan rings is 1. The third-order valence-corrected chi connectivity index (χ3v) is 3.26. The van der Waals surface area contributed by atoms with Gasteiger partial charge in [-0.1, -0.05) is 6.07 Å². The Morgan fingerprint density at radius 1 is 1.39 bits per heavy atom. The average Bonchev–Trinajstić information content (AvgIpc) is 3.22. The number of hydrogen-bond donors (Lipinski definition) is 1. The van der Waals surface area contributed by atoms with Crippen LogP contribution in [0.2, 0.25) is 0 Å². The van der Waals surface area contributed by atoms with Crippen molar-refractivity contribution in [2.45, 2.75) is 6.54 Å². The van der Waals surface area contributed by atoms with E-state index in [1.165, 1.54) is 6.08 Å². The highest BCUT2D eigenvalue weighted by Gasteiger charge is 2.08. The van der Waals surface area contributed by atoms with Crippen molar-refractivity contribution in [3.05, 3.63) is 66.5 Å². The molecule has 0 atom stereocenters. The van der Waals surface area contributed by atoms with E-state index in [0.717, 1.165) is 16.8 Å². The Bertz CT molecular complexity index is 819. The van der Waals surface area contributed by atoms with Crippen molar-refractivity contribution in [3.8, 4) is 11.3 Å². The third kappa shape index (κ3) is 3.74. The van der Waals surface area contributed by atoms with Crippen molar-refractivity contribution in [1.82, 2.24) is 20.1 Å². The van der Waals surface area contributed by atoms with Gasteiger partial charge in [-0.3, -0.25) is 14.5 Å². The van der Waals surface area contributed by atoms with Crippen LogP contribution in [-0.2, 0) is 18.4 Å². The Hall–Kier alpha value is -3.15. The lowest BCUT2D eigenvalue weighted by molar-refractivity contribution is -0.116. The Labute approximate surface area is 133 Å². The van der Waals surface area contributed by atoms with E-state index in [1.807, 2.05) is 25.4 Å². The number of carbonyl (C=O) groups is 1. The molecule has 0 aliphatic heterocycles. The predicted molar refractivity (Wildman–Crippen MR) is 86.0 cm³/mol. The number of aryl methyl sites for hydroxylation is 1. The van der Waals surface area contributed by atoms with Gasteiger partial charge in [0.25, 0.3) is 0 Å². The molecule has 6 nitrogen and oxygen atoms in total. The summed E-state index contributed by atoms with van der Waals surface area (Å²) in [6.45, 7) is 0.388. The highest BCUT2D eigenvalue weighted by molar-refractivity contribution is 5.91. The maximum atomic E-state index is 11.9. The molecule has 0 unspecified atom stereocenters. The molecule has 0 saturated carbocycles. The minimum absolute atomic E-state index is 0.192. The first-order valence-corrected chi connectivity index (χ1v) is 7.15. The van der Waals surface area contributed by atoms with Gasteiger partial charge >= 0.3 is 0 Å². The molecular weight excluding hydrogens is 292 g/mol. The maximum Gasteiger partial charge on any atom is 0.244 e. The van der Waals surface area contributed by atoms with E-state index in [9.17, 15) is 4.79 Å². The molecule has 0 bridgehead atoms. The number of nitrogens with zero attached hydrogens (tertiary/aromatic N) is 3. The highest BCUT2D eigenvalue weighted by Crippen LogP contribution is 2.20. The first-order chi connectivity index (χ1) is 11.2. The number of pyridine rings is 1. The van der Waals surface area contributed by atoms with Crippen LogP contribution in [0.1, 0.15) is 11.3 Å². The van der Waals surface area contributed by atoms with Gasteiger partial charge in [0.05, 0.1) is 18.2 Å². The van der Waals surface area contributed by atoms with Crippen molar-refractivity contribution in [2.75, 3.05) is 0 Å². The molecule has 1 amide bonds. The standard InChI is InChI=1S/C17H16N4O2/c1-21-12-14(11-20-21)17-13(4-2-8-18-17)10-19-16(22)7-6-15-5-3-9-23-15/h2-9,11-12H,10H2,1H3,(H,19,22). The fourth-order valence-corrected chi connectivity index (χ4v) is 2.17. The van der Waals surface area contributed by atoms with Crippen molar-refractivity contribution in [2.24, 2.45) is 7.05 Å². The topological polar surface area (TPSA) is 73.0 Å². The Kier molecular flexibility index (Phi) is 4.33. The summed E-state index contributed by atoms with van der Waals surface area (Å²) in [5.41, 5.74) is 2.67. The monoisotopic (exact) mass is 308 g/mol. The molecule has 116 valence electrons. The van der Waals surface area contributed by atoms with Crippen molar-refractivity contribution >= 4 is 12.0 Å². The first-order valence-electron chi connectivity index (χ1n) is 7.15. The summed E-state index contributed by atoms with van der Waals surface area (Å²) >= 11 is 0. The smallest absolute Gasteiger partial charge is 0.244 e. The SMILES string of the molecule is Cn1cc(-c2ncccc2CNC(=O)C=Cc2ccco2)cn1. The molecule has 0 fully saturated rings. The lowest BCUT2D eigenvalue weighted by atomic mass is 10.1. The zero-order valence-corrected chi connectivity index (χ0v) is 12.6. The summed E-state index contributed by atoms with van der Waals surface area (Å²) < 4.78 is 6.86. The molecule has 3 heterocycles. The van der Waals surface area contributed by atoms with E-state index in [0.29, 0.717) is 12.3 Å². The third-order valence-electron chi connectivity index (χ3n) is 3.26. The van der Waals surface area contributed by atoms with Crippen LogP contribution in [0.25, 0.3) is 17.3 Å². The fraction of sp³-hybridized carbons (Fsp3) is 0.118. The second-order valence-corrected chi connectivity index (χ2v) is 4.98. The second-order valence-electron chi connectivity index (χ2n) is 4.98. The Balaban J connectivity index is 1.68. The molecule has 1 N–H and O–H groups in total. The zero-order chi connectivity index (χ0) is 16.1. The molecular formula is C17H16N4O2. The van der Waals surface area contributed by atoms with Gasteiger partial charge in [0.2, 0.25) is 5.91 Å². The van der Waals surface area contributed by atoms with Gasteiger partial charge < -0.3 is 9.73 Å².